The van der Waals surface area contributed by atoms with Gasteiger partial charge in [-0.25, -0.2) is 0 Å². The molecule has 1 heterocycles. The highest BCUT2D eigenvalue weighted by atomic mass is 35.5. The zero-order valence-electron chi connectivity index (χ0n) is 15.3. The molecule has 26 heavy (non-hydrogen) atoms. The van der Waals surface area contributed by atoms with Crippen LogP contribution in [0.4, 0.5) is 0 Å². The van der Waals surface area contributed by atoms with Gasteiger partial charge in [-0.05, 0) is 44.9 Å². The van der Waals surface area contributed by atoms with E-state index in [9.17, 15) is 4.79 Å². The fraction of sp³-hybridized carbons (Fsp3) is 0.238. The summed E-state index contributed by atoms with van der Waals surface area (Å²) >= 11 is 6.27. The van der Waals surface area contributed by atoms with Gasteiger partial charge < -0.3 is 9.84 Å². The van der Waals surface area contributed by atoms with Crippen molar-refractivity contribution in [3.8, 4) is 11.3 Å². The van der Waals surface area contributed by atoms with Crippen LogP contribution < -0.4 is 5.32 Å². The van der Waals surface area contributed by atoms with E-state index in [1.165, 1.54) is 5.56 Å². The number of carbonyl (C=O) groups is 1. The van der Waals surface area contributed by atoms with Crippen LogP contribution in [-0.4, -0.2) is 11.1 Å². The topological polar surface area (TPSA) is 55.1 Å². The minimum absolute atomic E-state index is 0.142. The molecule has 1 amide bonds. The smallest absolute Gasteiger partial charge is 0.257 e. The minimum atomic E-state index is -0.230. The van der Waals surface area contributed by atoms with E-state index in [4.69, 9.17) is 16.1 Å². The van der Waals surface area contributed by atoms with Crippen molar-refractivity contribution in [2.24, 2.45) is 0 Å². The first-order valence-corrected chi connectivity index (χ1v) is 8.85. The fourth-order valence-electron chi connectivity index (χ4n) is 3.13. The second kappa shape index (κ2) is 7.34. The van der Waals surface area contributed by atoms with Gasteiger partial charge in [0.25, 0.3) is 5.91 Å². The van der Waals surface area contributed by atoms with Gasteiger partial charge in [0.2, 0.25) is 0 Å². The van der Waals surface area contributed by atoms with Crippen molar-refractivity contribution in [1.82, 2.24) is 10.5 Å². The van der Waals surface area contributed by atoms with Crippen LogP contribution in [0.2, 0.25) is 5.02 Å². The van der Waals surface area contributed by atoms with E-state index in [-0.39, 0.29) is 11.9 Å². The van der Waals surface area contributed by atoms with Crippen LogP contribution in [0.15, 0.2) is 47.0 Å². The molecule has 1 aromatic heterocycles. The summed E-state index contributed by atoms with van der Waals surface area (Å²) in [6, 6.07) is 13.3. The van der Waals surface area contributed by atoms with Crippen LogP contribution >= 0.6 is 11.6 Å². The van der Waals surface area contributed by atoms with Gasteiger partial charge in [0.1, 0.15) is 17.0 Å². The number of aromatic nitrogens is 1. The number of nitrogens with one attached hydrogen (secondary N) is 1. The van der Waals surface area contributed by atoms with Crippen LogP contribution in [0.25, 0.3) is 11.3 Å². The summed E-state index contributed by atoms with van der Waals surface area (Å²) < 4.78 is 5.28. The Hall–Kier alpha value is -2.59. The predicted molar refractivity (Wildman–Crippen MR) is 103 cm³/mol. The van der Waals surface area contributed by atoms with Crippen LogP contribution in [0, 0.1) is 20.8 Å². The molecule has 0 saturated carbocycles. The van der Waals surface area contributed by atoms with Gasteiger partial charge in [0.15, 0.2) is 0 Å². The lowest BCUT2D eigenvalue weighted by atomic mass is 9.99. The highest BCUT2D eigenvalue weighted by molar-refractivity contribution is 6.33. The average Bonchev–Trinajstić information content (AvgIpc) is 2.96. The zero-order chi connectivity index (χ0) is 18.8. The number of rotatable bonds is 4. The Kier molecular flexibility index (Phi) is 5.14. The molecule has 0 spiro atoms. The number of hydrogen-bond donors (Lipinski definition) is 1. The number of carbonyl (C=O) groups excluding carboxylic acids is 1. The minimum Gasteiger partial charge on any atom is -0.360 e. The second-order valence-electron chi connectivity index (χ2n) is 6.50. The second-order valence-corrected chi connectivity index (χ2v) is 6.90. The zero-order valence-corrected chi connectivity index (χ0v) is 16.0. The molecule has 1 atom stereocenters. The maximum Gasteiger partial charge on any atom is 0.257 e. The molecule has 0 aliphatic heterocycles. The van der Waals surface area contributed by atoms with Crippen LogP contribution in [0.1, 0.15) is 45.8 Å². The lowest BCUT2D eigenvalue weighted by Crippen LogP contribution is -2.27. The maximum atomic E-state index is 12.9. The Morgan fingerprint density at radius 3 is 2.58 bits per heavy atom. The Morgan fingerprint density at radius 2 is 1.88 bits per heavy atom. The molecule has 0 fully saturated rings. The molecule has 134 valence electrons. The van der Waals surface area contributed by atoms with Crippen LogP contribution in [0.5, 0.6) is 0 Å². The standard InChI is InChI=1S/C21H21ClN2O2/c1-12-9-10-16(13(2)11-12)14(3)23-21(25)19-15(4)26-24-20(19)17-7-5-6-8-18(17)22/h5-11,14H,1-4H3,(H,23,25)/t14-/m0/s1. The molecule has 0 bridgehead atoms. The molecular formula is C21H21ClN2O2. The third-order valence-electron chi connectivity index (χ3n) is 4.46. The summed E-state index contributed by atoms with van der Waals surface area (Å²) in [5.74, 6) is 0.233. The summed E-state index contributed by atoms with van der Waals surface area (Å²) in [5.41, 5.74) is 4.97. The quantitative estimate of drug-likeness (QED) is 0.669. The molecule has 1 N–H and O–H groups in total. The van der Waals surface area contributed by atoms with Crippen molar-refractivity contribution in [1.29, 1.82) is 0 Å². The van der Waals surface area contributed by atoms with Gasteiger partial charge >= 0.3 is 0 Å². The van der Waals surface area contributed by atoms with E-state index < -0.39 is 0 Å². The first-order valence-electron chi connectivity index (χ1n) is 8.47. The summed E-state index contributed by atoms with van der Waals surface area (Å²) in [6.07, 6.45) is 0. The van der Waals surface area contributed by atoms with E-state index in [1.807, 2.05) is 44.2 Å². The first kappa shape index (κ1) is 18.2. The maximum absolute atomic E-state index is 12.9. The highest BCUT2D eigenvalue weighted by Gasteiger charge is 2.24. The monoisotopic (exact) mass is 368 g/mol. The summed E-state index contributed by atoms with van der Waals surface area (Å²) in [5, 5.41) is 7.63. The van der Waals surface area contributed by atoms with Gasteiger partial charge in [-0.15, -0.1) is 0 Å². The third-order valence-corrected chi connectivity index (χ3v) is 4.79. The lowest BCUT2D eigenvalue weighted by molar-refractivity contribution is 0.0939. The van der Waals surface area contributed by atoms with E-state index >= 15 is 0 Å². The SMILES string of the molecule is Cc1ccc([C@H](C)NC(=O)c2c(-c3ccccc3Cl)noc2C)c(C)c1. The molecule has 5 heteroatoms. The lowest BCUT2D eigenvalue weighted by Gasteiger charge is -2.17. The van der Waals surface area contributed by atoms with Crippen molar-refractivity contribution in [2.45, 2.75) is 33.7 Å². The largest absolute Gasteiger partial charge is 0.360 e. The molecular weight excluding hydrogens is 348 g/mol. The number of hydrogen-bond acceptors (Lipinski definition) is 3. The molecule has 0 unspecified atom stereocenters. The molecule has 0 aliphatic carbocycles. The predicted octanol–water partition coefficient (Wildman–Crippen LogP) is 5.41. The van der Waals surface area contributed by atoms with E-state index in [0.717, 1.165) is 11.1 Å². The van der Waals surface area contributed by atoms with Crippen LogP contribution in [0.3, 0.4) is 0 Å². The van der Waals surface area contributed by atoms with E-state index in [2.05, 4.69) is 23.5 Å². The van der Waals surface area contributed by atoms with Crippen molar-refractivity contribution < 1.29 is 9.32 Å². The number of nitrogens with zero attached hydrogens (tertiary/aromatic N) is 1. The Bertz CT molecular complexity index is 962. The number of aryl methyl sites for hydroxylation is 3. The Morgan fingerprint density at radius 1 is 1.15 bits per heavy atom. The van der Waals surface area contributed by atoms with Crippen molar-refractivity contribution >= 4 is 17.5 Å². The molecule has 0 radical (unpaired) electrons. The normalized spacial score (nSPS) is 12.0. The molecule has 0 saturated heterocycles. The Balaban J connectivity index is 1.91. The highest BCUT2D eigenvalue weighted by Crippen LogP contribution is 2.31. The average molecular weight is 369 g/mol. The molecule has 3 aromatic rings. The summed E-state index contributed by atoms with van der Waals surface area (Å²) in [4.78, 5) is 12.9. The summed E-state index contributed by atoms with van der Waals surface area (Å²) in [6.45, 7) is 7.79. The fourth-order valence-corrected chi connectivity index (χ4v) is 3.36. The van der Waals surface area contributed by atoms with Gasteiger partial charge in [-0.2, -0.15) is 0 Å². The van der Waals surface area contributed by atoms with Gasteiger partial charge in [-0.3, -0.25) is 4.79 Å². The van der Waals surface area contributed by atoms with Crippen molar-refractivity contribution in [3.63, 3.8) is 0 Å². The molecule has 2 aromatic carbocycles. The molecule has 4 nitrogen and oxygen atoms in total. The van der Waals surface area contributed by atoms with Gasteiger partial charge in [0, 0.05) is 5.56 Å². The van der Waals surface area contributed by atoms with Crippen LogP contribution in [-0.2, 0) is 0 Å². The number of amides is 1. The first-order chi connectivity index (χ1) is 12.4. The van der Waals surface area contributed by atoms with E-state index in [0.29, 0.717) is 27.6 Å². The molecule has 0 aliphatic rings. The number of benzene rings is 2. The third kappa shape index (κ3) is 3.51. The van der Waals surface area contributed by atoms with Crippen molar-refractivity contribution in [2.75, 3.05) is 0 Å². The van der Waals surface area contributed by atoms with Crippen molar-refractivity contribution in [3.05, 3.63) is 75.5 Å². The van der Waals surface area contributed by atoms with Gasteiger partial charge in [0.05, 0.1) is 11.1 Å². The van der Waals surface area contributed by atoms with Gasteiger partial charge in [-0.1, -0.05) is 58.7 Å². The Labute approximate surface area is 158 Å². The summed E-state index contributed by atoms with van der Waals surface area (Å²) in [7, 11) is 0. The number of halogens is 1. The molecule has 3 rings (SSSR count). The van der Waals surface area contributed by atoms with E-state index in [1.54, 1.807) is 13.0 Å².